The van der Waals surface area contributed by atoms with Crippen LogP contribution in [0.4, 0.5) is 0 Å². The van der Waals surface area contributed by atoms with Crippen LogP contribution >= 0.6 is 0 Å². The second-order valence-electron chi connectivity index (χ2n) is 5.64. The number of hydrogen-bond acceptors (Lipinski definition) is 4. The minimum absolute atomic E-state index is 0.0191. The molecule has 1 saturated heterocycles. The largest absolute Gasteiger partial charge is 0.396 e. The first kappa shape index (κ1) is 15.7. The number of aromatic nitrogens is 1. The van der Waals surface area contributed by atoms with Gasteiger partial charge in [0.25, 0.3) is 11.5 Å². The molecule has 1 unspecified atom stereocenters. The first-order valence-corrected chi connectivity index (χ1v) is 7.19. The first-order valence-electron chi connectivity index (χ1n) is 7.19. The lowest BCUT2D eigenvalue weighted by molar-refractivity contribution is 0.00891. The molecule has 0 spiro atoms. The van der Waals surface area contributed by atoms with Gasteiger partial charge in [-0.05, 0) is 31.4 Å². The number of aromatic amines is 1. The first-order chi connectivity index (χ1) is 10.1. The van der Waals surface area contributed by atoms with Gasteiger partial charge in [-0.25, -0.2) is 0 Å². The molecule has 6 nitrogen and oxygen atoms in total. The highest BCUT2D eigenvalue weighted by molar-refractivity contribution is 5.93. The molecule has 0 aromatic carbocycles. The third-order valence-electron chi connectivity index (χ3n) is 4.17. The minimum Gasteiger partial charge on any atom is -0.396 e. The summed E-state index contributed by atoms with van der Waals surface area (Å²) in [5, 5.41) is 9.73. The number of piperidine rings is 1. The van der Waals surface area contributed by atoms with E-state index in [1.807, 2.05) is 0 Å². The van der Waals surface area contributed by atoms with Gasteiger partial charge >= 0.3 is 0 Å². The maximum absolute atomic E-state index is 12.5. The average molecular weight is 294 g/mol. The number of nitrogens with zero attached hydrogens (tertiary/aromatic N) is 1. The quantitative estimate of drug-likeness (QED) is 0.834. The van der Waals surface area contributed by atoms with Crippen molar-refractivity contribution < 1.29 is 14.6 Å². The molecule has 0 aliphatic carbocycles. The van der Waals surface area contributed by atoms with Crippen molar-refractivity contribution in [1.82, 2.24) is 9.88 Å². The smallest absolute Gasteiger partial charge is 0.260 e. The van der Waals surface area contributed by atoms with Crippen molar-refractivity contribution in [3.63, 3.8) is 0 Å². The van der Waals surface area contributed by atoms with Gasteiger partial charge in [-0.3, -0.25) is 9.59 Å². The normalized spacial score (nSPS) is 22.3. The van der Waals surface area contributed by atoms with Gasteiger partial charge in [0.2, 0.25) is 0 Å². The van der Waals surface area contributed by atoms with Gasteiger partial charge in [0, 0.05) is 38.4 Å². The topological polar surface area (TPSA) is 82.6 Å². The van der Waals surface area contributed by atoms with Crippen molar-refractivity contribution in [2.75, 3.05) is 33.4 Å². The van der Waals surface area contributed by atoms with Crippen LogP contribution in [-0.2, 0) is 4.74 Å². The molecule has 0 saturated carbocycles. The van der Waals surface area contributed by atoms with E-state index in [1.54, 1.807) is 18.1 Å². The number of H-pyrrole nitrogens is 1. The Morgan fingerprint density at radius 3 is 3.05 bits per heavy atom. The summed E-state index contributed by atoms with van der Waals surface area (Å²) in [6.45, 7) is 1.64. The molecule has 1 atom stereocenters. The van der Waals surface area contributed by atoms with Gasteiger partial charge in [-0.1, -0.05) is 0 Å². The van der Waals surface area contributed by atoms with Crippen LogP contribution in [-0.4, -0.2) is 54.3 Å². The lowest BCUT2D eigenvalue weighted by atomic mass is 9.78. The third kappa shape index (κ3) is 3.51. The second kappa shape index (κ2) is 6.87. The fourth-order valence-corrected chi connectivity index (χ4v) is 2.87. The third-order valence-corrected chi connectivity index (χ3v) is 4.17. The molecule has 1 aromatic heterocycles. The molecule has 0 bridgehead atoms. The van der Waals surface area contributed by atoms with Crippen molar-refractivity contribution in [1.29, 1.82) is 0 Å². The number of hydrogen-bond donors (Lipinski definition) is 2. The number of aliphatic hydroxyl groups is 1. The summed E-state index contributed by atoms with van der Waals surface area (Å²) in [7, 11) is 1.63. The molecular formula is C15H22N2O4. The average Bonchev–Trinajstić information content (AvgIpc) is 2.53. The Labute approximate surface area is 123 Å². The van der Waals surface area contributed by atoms with Crippen molar-refractivity contribution in [3.05, 3.63) is 34.2 Å². The monoisotopic (exact) mass is 294 g/mol. The van der Waals surface area contributed by atoms with Crippen molar-refractivity contribution >= 4 is 5.91 Å². The molecule has 1 fully saturated rings. The molecule has 116 valence electrons. The Bertz CT molecular complexity index is 542. The lowest BCUT2D eigenvalue weighted by Crippen LogP contribution is -2.49. The Morgan fingerprint density at radius 1 is 1.57 bits per heavy atom. The minimum atomic E-state index is -0.375. The van der Waals surface area contributed by atoms with Gasteiger partial charge in [-0.15, -0.1) is 0 Å². The van der Waals surface area contributed by atoms with E-state index in [2.05, 4.69) is 4.98 Å². The van der Waals surface area contributed by atoms with Gasteiger partial charge in [0.15, 0.2) is 0 Å². The van der Waals surface area contributed by atoms with Crippen LogP contribution in [0, 0.1) is 5.41 Å². The molecule has 1 aromatic rings. The van der Waals surface area contributed by atoms with E-state index in [4.69, 9.17) is 4.74 Å². The Balaban J connectivity index is 2.15. The lowest BCUT2D eigenvalue weighted by Gasteiger charge is -2.41. The zero-order chi connectivity index (χ0) is 15.3. The number of amides is 1. The van der Waals surface area contributed by atoms with E-state index in [9.17, 15) is 14.7 Å². The van der Waals surface area contributed by atoms with Crippen molar-refractivity contribution in [2.24, 2.45) is 5.41 Å². The highest BCUT2D eigenvalue weighted by atomic mass is 16.5. The molecule has 1 amide bonds. The van der Waals surface area contributed by atoms with Crippen LogP contribution in [0.1, 0.15) is 29.6 Å². The summed E-state index contributed by atoms with van der Waals surface area (Å²) in [4.78, 5) is 28.4. The number of nitrogens with one attached hydrogen (secondary N) is 1. The number of likely N-dealkylation sites (tertiary alicyclic amines) is 1. The van der Waals surface area contributed by atoms with Crippen LogP contribution < -0.4 is 5.56 Å². The molecule has 6 heteroatoms. The maximum atomic E-state index is 12.5. The number of rotatable bonds is 5. The predicted molar refractivity (Wildman–Crippen MR) is 78.2 cm³/mol. The molecule has 1 aliphatic heterocycles. The van der Waals surface area contributed by atoms with E-state index in [0.29, 0.717) is 26.1 Å². The van der Waals surface area contributed by atoms with Gasteiger partial charge < -0.3 is 19.7 Å². The number of methoxy groups -OCH3 is 1. The molecule has 1 aliphatic rings. The van der Waals surface area contributed by atoms with Crippen LogP contribution in [0.15, 0.2) is 23.1 Å². The summed E-state index contributed by atoms with van der Waals surface area (Å²) in [6, 6.07) is 3.17. The van der Waals surface area contributed by atoms with E-state index >= 15 is 0 Å². The molecule has 2 N–H and O–H groups in total. The van der Waals surface area contributed by atoms with Crippen LogP contribution in [0.5, 0.6) is 0 Å². The Kier molecular flexibility index (Phi) is 5.14. The number of pyridine rings is 1. The van der Waals surface area contributed by atoms with Crippen molar-refractivity contribution in [2.45, 2.75) is 19.3 Å². The Hall–Kier alpha value is -1.66. The van der Waals surface area contributed by atoms with E-state index in [1.165, 1.54) is 12.3 Å². The van der Waals surface area contributed by atoms with Crippen LogP contribution in [0.2, 0.25) is 0 Å². The number of ether oxygens (including phenoxy) is 1. The summed E-state index contributed by atoms with van der Waals surface area (Å²) in [5.74, 6) is -0.271. The van der Waals surface area contributed by atoms with Gasteiger partial charge in [0.05, 0.1) is 6.61 Å². The van der Waals surface area contributed by atoms with Crippen LogP contribution in [0.25, 0.3) is 0 Å². The molecule has 2 heterocycles. The van der Waals surface area contributed by atoms with Crippen LogP contribution in [0.3, 0.4) is 0 Å². The summed E-state index contributed by atoms with van der Waals surface area (Å²) in [6.07, 6.45) is 3.89. The zero-order valence-corrected chi connectivity index (χ0v) is 12.3. The SMILES string of the molecule is COCCC1(CO)CCCN(C(=O)c2ccc[nH]c2=O)C1. The Morgan fingerprint density at radius 2 is 2.38 bits per heavy atom. The van der Waals surface area contributed by atoms with E-state index < -0.39 is 0 Å². The van der Waals surface area contributed by atoms with Gasteiger partial charge in [-0.2, -0.15) is 0 Å². The van der Waals surface area contributed by atoms with E-state index in [0.717, 1.165) is 12.8 Å². The second-order valence-corrected chi connectivity index (χ2v) is 5.64. The zero-order valence-electron chi connectivity index (χ0n) is 12.3. The number of aliphatic hydroxyl groups excluding tert-OH is 1. The molecule has 0 radical (unpaired) electrons. The van der Waals surface area contributed by atoms with E-state index in [-0.39, 0.29) is 29.1 Å². The fraction of sp³-hybridized carbons (Fsp3) is 0.600. The number of carbonyl (C=O) groups excluding carboxylic acids is 1. The summed E-state index contributed by atoms with van der Waals surface area (Å²) < 4.78 is 5.10. The molecule has 2 rings (SSSR count). The highest BCUT2D eigenvalue weighted by Gasteiger charge is 2.37. The standard InChI is InChI=1S/C15H22N2O4/c1-21-9-6-15(11-18)5-3-8-17(10-15)14(20)12-4-2-7-16-13(12)19/h2,4,7,18H,3,5-6,8-11H2,1H3,(H,16,19). The van der Waals surface area contributed by atoms with Gasteiger partial charge in [0.1, 0.15) is 5.56 Å². The van der Waals surface area contributed by atoms with Crippen molar-refractivity contribution in [3.8, 4) is 0 Å². The predicted octanol–water partition coefficient (Wildman–Crippen LogP) is 0.626. The molecular weight excluding hydrogens is 272 g/mol. The highest BCUT2D eigenvalue weighted by Crippen LogP contribution is 2.33. The molecule has 21 heavy (non-hydrogen) atoms. The fourth-order valence-electron chi connectivity index (χ4n) is 2.87. The number of carbonyl (C=O) groups is 1. The maximum Gasteiger partial charge on any atom is 0.260 e. The summed E-state index contributed by atoms with van der Waals surface area (Å²) in [5.41, 5.74) is -0.552. The summed E-state index contributed by atoms with van der Waals surface area (Å²) >= 11 is 0.